The number of benzene rings is 1. The monoisotopic (exact) mass is 469 g/mol. The summed E-state index contributed by atoms with van der Waals surface area (Å²) in [5.74, 6) is 1.62. The summed E-state index contributed by atoms with van der Waals surface area (Å²) >= 11 is 0. The molecule has 2 saturated carbocycles. The molecule has 3 aliphatic rings. The van der Waals surface area contributed by atoms with E-state index in [2.05, 4.69) is 54.8 Å². The molecule has 144 valence electrons. The Hall–Kier alpha value is -0.820. The van der Waals surface area contributed by atoms with Crippen LogP contribution in [0.2, 0.25) is 0 Å². The van der Waals surface area contributed by atoms with Crippen LogP contribution in [0.1, 0.15) is 57.6 Å². The number of fused-ring (bicyclic) bond motifs is 2. The summed E-state index contributed by atoms with van der Waals surface area (Å²) in [4.78, 5) is 4.73. The van der Waals surface area contributed by atoms with Gasteiger partial charge in [0.05, 0.1) is 12.1 Å². The van der Waals surface area contributed by atoms with Crippen molar-refractivity contribution in [1.82, 2.24) is 10.6 Å². The molecule has 1 aromatic carbocycles. The van der Waals surface area contributed by atoms with Crippen molar-refractivity contribution >= 4 is 29.9 Å². The first-order chi connectivity index (χ1) is 12.2. The van der Waals surface area contributed by atoms with E-state index in [-0.39, 0.29) is 30.0 Å². The maximum absolute atomic E-state index is 6.11. The number of ether oxygens (including phenoxy) is 1. The lowest BCUT2D eigenvalue weighted by Gasteiger charge is -2.57. The predicted octanol–water partition coefficient (Wildman–Crippen LogP) is 4.27. The average molecular weight is 469 g/mol. The fourth-order valence-corrected chi connectivity index (χ4v) is 5.37. The number of nitrogens with one attached hydrogen (secondary N) is 2. The summed E-state index contributed by atoms with van der Waals surface area (Å²) in [5, 5.41) is 7.44. The molecule has 26 heavy (non-hydrogen) atoms. The van der Waals surface area contributed by atoms with Crippen molar-refractivity contribution in [3.63, 3.8) is 0 Å². The Kier molecular flexibility index (Phi) is 6.49. The van der Waals surface area contributed by atoms with Crippen molar-refractivity contribution < 1.29 is 4.74 Å². The van der Waals surface area contributed by atoms with Crippen molar-refractivity contribution in [3.8, 4) is 0 Å². The lowest BCUT2D eigenvalue weighted by atomic mass is 9.54. The molecule has 4 atom stereocenters. The fraction of sp³-hybridized carbons (Fsp3) is 0.667. The fourth-order valence-electron chi connectivity index (χ4n) is 5.37. The third kappa shape index (κ3) is 3.49. The highest BCUT2D eigenvalue weighted by Gasteiger charge is 2.65. The van der Waals surface area contributed by atoms with Gasteiger partial charge >= 0.3 is 0 Å². The van der Waals surface area contributed by atoms with Crippen molar-refractivity contribution in [2.45, 2.75) is 64.1 Å². The second-order valence-corrected chi connectivity index (χ2v) is 7.91. The van der Waals surface area contributed by atoms with Gasteiger partial charge in [-0.05, 0) is 38.7 Å². The zero-order chi connectivity index (χ0) is 17.3. The van der Waals surface area contributed by atoms with Gasteiger partial charge in [0.25, 0.3) is 0 Å². The molecule has 0 amide bonds. The molecule has 4 nitrogen and oxygen atoms in total. The molecular formula is C21H32IN3O. The molecule has 1 saturated heterocycles. The maximum atomic E-state index is 6.11. The van der Waals surface area contributed by atoms with Gasteiger partial charge in [-0.2, -0.15) is 0 Å². The Morgan fingerprint density at radius 1 is 1.27 bits per heavy atom. The van der Waals surface area contributed by atoms with E-state index in [1.54, 1.807) is 0 Å². The first-order valence-electron chi connectivity index (χ1n) is 9.98. The van der Waals surface area contributed by atoms with E-state index >= 15 is 0 Å². The summed E-state index contributed by atoms with van der Waals surface area (Å²) in [7, 11) is 0. The number of halogens is 1. The molecule has 1 spiro atoms. The summed E-state index contributed by atoms with van der Waals surface area (Å²) in [6.45, 7) is 6.03. The average Bonchev–Trinajstić information content (AvgIpc) is 3.29. The second-order valence-electron chi connectivity index (χ2n) is 7.91. The molecule has 1 heterocycles. The highest BCUT2D eigenvalue weighted by molar-refractivity contribution is 14.0. The Balaban J connectivity index is 0.00000196. The van der Waals surface area contributed by atoms with Gasteiger partial charge in [0, 0.05) is 30.5 Å². The number of hydrogen-bond acceptors (Lipinski definition) is 2. The highest BCUT2D eigenvalue weighted by Crippen LogP contribution is 2.60. The van der Waals surface area contributed by atoms with E-state index in [9.17, 15) is 0 Å². The number of hydrogen-bond donors (Lipinski definition) is 2. The van der Waals surface area contributed by atoms with Crippen LogP contribution in [0.25, 0.3) is 0 Å². The van der Waals surface area contributed by atoms with E-state index in [1.807, 2.05) is 0 Å². The number of nitrogens with zero attached hydrogens (tertiary/aromatic N) is 1. The number of guanidine groups is 1. The number of aliphatic imine (C=N–C) groups is 1. The normalized spacial score (nSPS) is 30.2. The Bertz CT molecular complexity index is 615. The molecule has 3 fully saturated rings. The minimum atomic E-state index is 0. The van der Waals surface area contributed by atoms with Gasteiger partial charge in [-0.1, -0.05) is 43.2 Å². The third-order valence-electron chi connectivity index (χ3n) is 6.55. The van der Waals surface area contributed by atoms with Gasteiger partial charge in [-0.15, -0.1) is 24.0 Å². The van der Waals surface area contributed by atoms with E-state index in [0.717, 1.165) is 19.1 Å². The van der Waals surface area contributed by atoms with Gasteiger partial charge in [0.15, 0.2) is 5.96 Å². The van der Waals surface area contributed by atoms with Crippen molar-refractivity contribution in [1.29, 1.82) is 0 Å². The highest BCUT2D eigenvalue weighted by atomic mass is 127. The van der Waals surface area contributed by atoms with Gasteiger partial charge in [-0.3, -0.25) is 4.99 Å². The first-order valence-corrected chi connectivity index (χ1v) is 9.98. The zero-order valence-electron chi connectivity index (χ0n) is 15.9. The standard InChI is InChI=1S/C21H31N3O.HI/c1-3-22-20(23-15(2)16-9-5-4-6-10-16)24-18-17-11-14-25-19(17)21(18)12-7-8-13-21;/h4-6,9-10,15,17-19H,3,7-8,11-14H2,1-2H3,(H2,22,23,24);1H. The van der Waals surface area contributed by atoms with E-state index in [0.29, 0.717) is 23.5 Å². The molecule has 1 aromatic rings. The molecule has 0 radical (unpaired) electrons. The van der Waals surface area contributed by atoms with Crippen LogP contribution in [0.3, 0.4) is 0 Å². The topological polar surface area (TPSA) is 45.7 Å². The van der Waals surface area contributed by atoms with Gasteiger partial charge in [0.1, 0.15) is 0 Å². The van der Waals surface area contributed by atoms with Crippen LogP contribution < -0.4 is 10.6 Å². The maximum Gasteiger partial charge on any atom is 0.191 e. The summed E-state index contributed by atoms with van der Waals surface area (Å²) < 4.78 is 6.11. The Morgan fingerprint density at radius 3 is 2.69 bits per heavy atom. The molecule has 4 unspecified atom stereocenters. The lowest BCUT2D eigenvalue weighted by Crippen LogP contribution is -2.69. The summed E-state index contributed by atoms with van der Waals surface area (Å²) in [6.07, 6.45) is 6.98. The minimum absolute atomic E-state index is 0. The molecule has 4 rings (SSSR count). The first kappa shape index (κ1) is 19.9. The van der Waals surface area contributed by atoms with Crippen molar-refractivity contribution in [2.24, 2.45) is 16.3 Å². The van der Waals surface area contributed by atoms with Crippen LogP contribution in [0, 0.1) is 11.3 Å². The zero-order valence-corrected chi connectivity index (χ0v) is 18.2. The van der Waals surface area contributed by atoms with Crippen LogP contribution in [0.4, 0.5) is 0 Å². The van der Waals surface area contributed by atoms with Gasteiger partial charge in [-0.25, -0.2) is 0 Å². The molecule has 2 aliphatic carbocycles. The van der Waals surface area contributed by atoms with Crippen LogP contribution >= 0.6 is 24.0 Å². The van der Waals surface area contributed by atoms with Crippen LogP contribution in [0.5, 0.6) is 0 Å². The third-order valence-corrected chi connectivity index (χ3v) is 6.55. The van der Waals surface area contributed by atoms with Crippen molar-refractivity contribution in [2.75, 3.05) is 13.2 Å². The molecule has 1 aliphatic heterocycles. The Morgan fingerprint density at radius 2 is 2.00 bits per heavy atom. The second kappa shape index (κ2) is 8.46. The molecule has 5 heteroatoms. The van der Waals surface area contributed by atoms with E-state index < -0.39 is 0 Å². The quantitative estimate of drug-likeness (QED) is 0.394. The van der Waals surface area contributed by atoms with Crippen LogP contribution in [-0.2, 0) is 4.74 Å². The lowest BCUT2D eigenvalue weighted by molar-refractivity contribution is -0.125. The molecule has 2 N–H and O–H groups in total. The van der Waals surface area contributed by atoms with Gasteiger partial charge < -0.3 is 15.4 Å². The molecular weight excluding hydrogens is 437 g/mol. The minimum Gasteiger partial charge on any atom is -0.377 e. The van der Waals surface area contributed by atoms with Crippen LogP contribution in [-0.4, -0.2) is 31.3 Å². The van der Waals surface area contributed by atoms with E-state index in [1.165, 1.54) is 37.7 Å². The SMILES string of the molecule is CCN=C(NC(C)c1ccccc1)NC1C2CCOC2C12CCCC2.I. The van der Waals surface area contributed by atoms with Crippen LogP contribution in [0.15, 0.2) is 35.3 Å². The number of rotatable bonds is 4. The van der Waals surface area contributed by atoms with Gasteiger partial charge in [0.2, 0.25) is 0 Å². The largest absolute Gasteiger partial charge is 0.377 e. The predicted molar refractivity (Wildman–Crippen MR) is 117 cm³/mol. The molecule has 0 aromatic heterocycles. The van der Waals surface area contributed by atoms with Crippen molar-refractivity contribution in [3.05, 3.63) is 35.9 Å². The molecule has 0 bridgehead atoms. The Labute approximate surface area is 174 Å². The summed E-state index contributed by atoms with van der Waals surface area (Å²) in [6, 6.07) is 11.4. The smallest absolute Gasteiger partial charge is 0.191 e. The van der Waals surface area contributed by atoms with E-state index in [4.69, 9.17) is 9.73 Å². The summed E-state index contributed by atoms with van der Waals surface area (Å²) in [5.41, 5.74) is 1.65.